The summed E-state index contributed by atoms with van der Waals surface area (Å²) in [4.78, 5) is 10.9. The van der Waals surface area contributed by atoms with Crippen molar-refractivity contribution in [3.63, 3.8) is 0 Å². The second kappa shape index (κ2) is 3.45. The molecule has 2 aliphatic heterocycles. The zero-order valence-corrected chi connectivity index (χ0v) is 9.22. The summed E-state index contributed by atoms with van der Waals surface area (Å²) in [6, 6.07) is 7.04. The van der Waals surface area contributed by atoms with Crippen molar-refractivity contribution < 1.29 is 14.6 Å². The molecule has 2 heterocycles. The highest BCUT2D eigenvalue weighted by molar-refractivity contribution is 5.74. The van der Waals surface area contributed by atoms with E-state index in [9.17, 15) is 4.79 Å². The lowest BCUT2D eigenvalue weighted by atomic mass is 9.73. The number of nitrogens with two attached hydrogens (primary N) is 1. The van der Waals surface area contributed by atoms with Crippen LogP contribution >= 0.6 is 0 Å². The number of hydrogen-bond acceptors (Lipinski definition) is 4. The van der Waals surface area contributed by atoms with E-state index in [0.717, 1.165) is 11.3 Å². The number of benzene rings is 1. The summed E-state index contributed by atoms with van der Waals surface area (Å²) in [5, 5.41) is 12.2. The van der Waals surface area contributed by atoms with Gasteiger partial charge in [-0.15, -0.1) is 0 Å². The quantitative estimate of drug-likeness (QED) is 0.709. The Bertz CT molecular complexity index is 477. The summed E-state index contributed by atoms with van der Waals surface area (Å²) < 4.78 is 5.46. The predicted octanol–water partition coefficient (Wildman–Crippen LogP) is 0.508. The van der Waals surface area contributed by atoms with Crippen molar-refractivity contribution in [3.8, 4) is 0 Å². The molecule has 5 heteroatoms. The van der Waals surface area contributed by atoms with Gasteiger partial charge in [0.05, 0.1) is 12.0 Å². The Hall–Kier alpha value is -1.59. The molecule has 1 unspecified atom stereocenters. The summed E-state index contributed by atoms with van der Waals surface area (Å²) >= 11 is 0. The molecule has 90 valence electrons. The maximum absolute atomic E-state index is 10.9. The number of para-hydroxylation sites is 1. The van der Waals surface area contributed by atoms with Gasteiger partial charge in [0, 0.05) is 5.69 Å². The predicted molar refractivity (Wildman–Crippen MR) is 61.7 cm³/mol. The van der Waals surface area contributed by atoms with Crippen molar-refractivity contribution in [2.45, 2.75) is 24.1 Å². The fourth-order valence-corrected chi connectivity index (χ4v) is 2.71. The van der Waals surface area contributed by atoms with Gasteiger partial charge < -0.3 is 20.9 Å². The van der Waals surface area contributed by atoms with E-state index in [1.807, 2.05) is 24.3 Å². The Labute approximate surface area is 98.6 Å². The number of nitrogens with one attached hydrogen (secondary N) is 1. The Balaban J connectivity index is 1.94. The smallest absolute Gasteiger partial charge is 0.320 e. The van der Waals surface area contributed by atoms with Gasteiger partial charge in [-0.25, -0.2) is 0 Å². The minimum Gasteiger partial charge on any atom is -0.480 e. The van der Waals surface area contributed by atoms with Crippen LogP contribution in [0.1, 0.15) is 12.0 Å². The maximum atomic E-state index is 10.9. The van der Waals surface area contributed by atoms with E-state index in [-0.39, 0.29) is 11.6 Å². The topological polar surface area (TPSA) is 84.6 Å². The molecule has 5 nitrogen and oxygen atoms in total. The van der Waals surface area contributed by atoms with Gasteiger partial charge in [-0.3, -0.25) is 4.79 Å². The summed E-state index contributed by atoms with van der Waals surface area (Å²) in [6.07, 6.45) is 0.266. The number of ether oxygens (including phenoxy) is 1. The second-order valence-corrected chi connectivity index (χ2v) is 4.69. The van der Waals surface area contributed by atoms with Gasteiger partial charge in [-0.2, -0.15) is 0 Å². The van der Waals surface area contributed by atoms with Crippen molar-refractivity contribution in [1.29, 1.82) is 0 Å². The molecule has 2 aliphatic rings. The van der Waals surface area contributed by atoms with Gasteiger partial charge in [0.1, 0.15) is 12.3 Å². The number of carboxylic acids is 1. The molecule has 0 bridgehead atoms. The van der Waals surface area contributed by atoms with Crippen LogP contribution < -0.4 is 11.1 Å². The Kier molecular flexibility index (Phi) is 2.14. The summed E-state index contributed by atoms with van der Waals surface area (Å²) in [5.74, 6) is -0.964. The Morgan fingerprint density at radius 3 is 3.06 bits per heavy atom. The van der Waals surface area contributed by atoms with Crippen molar-refractivity contribution in [3.05, 3.63) is 29.8 Å². The molecule has 1 aromatic rings. The van der Waals surface area contributed by atoms with Crippen LogP contribution in [0, 0.1) is 0 Å². The van der Waals surface area contributed by atoms with Crippen molar-refractivity contribution in [1.82, 2.24) is 0 Å². The van der Waals surface area contributed by atoms with Crippen molar-refractivity contribution in [2.24, 2.45) is 5.73 Å². The van der Waals surface area contributed by atoms with E-state index in [1.54, 1.807) is 0 Å². The van der Waals surface area contributed by atoms with Crippen LogP contribution in [0.4, 0.5) is 5.69 Å². The lowest BCUT2D eigenvalue weighted by Crippen LogP contribution is -2.58. The highest BCUT2D eigenvalue weighted by atomic mass is 16.5. The highest BCUT2D eigenvalue weighted by Gasteiger charge is 2.56. The largest absolute Gasteiger partial charge is 0.480 e. The first kappa shape index (κ1) is 10.6. The van der Waals surface area contributed by atoms with Crippen LogP contribution in [0.25, 0.3) is 0 Å². The molecule has 0 aliphatic carbocycles. The molecular weight excluding hydrogens is 220 g/mol. The summed E-state index contributed by atoms with van der Waals surface area (Å²) in [6.45, 7) is 0.530. The van der Waals surface area contributed by atoms with Crippen LogP contribution in [0.3, 0.4) is 0 Å². The molecule has 1 saturated heterocycles. The average Bonchev–Trinajstić information content (AvgIpc) is 2.51. The van der Waals surface area contributed by atoms with E-state index in [4.69, 9.17) is 15.6 Å². The molecule has 1 aromatic carbocycles. The minimum atomic E-state index is -0.964. The molecule has 0 amide bonds. The zero-order chi connectivity index (χ0) is 12.0. The van der Waals surface area contributed by atoms with E-state index >= 15 is 0 Å². The van der Waals surface area contributed by atoms with Gasteiger partial charge >= 0.3 is 5.97 Å². The van der Waals surface area contributed by atoms with Crippen LogP contribution in [-0.2, 0) is 14.9 Å². The third-order valence-corrected chi connectivity index (χ3v) is 3.66. The molecular formula is C12H14N2O3. The number of carbonyl (C=O) groups is 1. The van der Waals surface area contributed by atoms with Gasteiger partial charge in [-0.05, 0) is 18.1 Å². The molecule has 3 rings (SSSR count). The first-order valence-electron chi connectivity index (χ1n) is 5.59. The maximum Gasteiger partial charge on any atom is 0.320 e. The van der Waals surface area contributed by atoms with Crippen LogP contribution in [0.15, 0.2) is 24.3 Å². The number of carboxylic acid groups (broad SMARTS) is 1. The first-order valence-corrected chi connectivity index (χ1v) is 5.59. The molecule has 1 fully saturated rings. The number of anilines is 1. The van der Waals surface area contributed by atoms with Crippen molar-refractivity contribution in [2.75, 3.05) is 11.9 Å². The van der Waals surface area contributed by atoms with Crippen molar-refractivity contribution >= 4 is 11.7 Å². The molecule has 0 spiro atoms. The normalized spacial score (nSPS) is 30.8. The first-order chi connectivity index (χ1) is 8.13. The Morgan fingerprint density at radius 2 is 2.41 bits per heavy atom. The fourth-order valence-electron chi connectivity index (χ4n) is 2.71. The van der Waals surface area contributed by atoms with Gasteiger partial charge in [0.15, 0.2) is 0 Å². The summed E-state index contributed by atoms with van der Waals surface area (Å²) in [5.41, 5.74) is 7.52. The molecule has 3 atom stereocenters. The summed E-state index contributed by atoms with van der Waals surface area (Å²) in [7, 11) is 0. The number of aliphatic carboxylic acids is 1. The molecule has 0 aromatic heterocycles. The van der Waals surface area contributed by atoms with Crippen LogP contribution in [0.5, 0.6) is 0 Å². The van der Waals surface area contributed by atoms with E-state index in [0.29, 0.717) is 13.0 Å². The molecule has 17 heavy (non-hydrogen) atoms. The van der Waals surface area contributed by atoms with Gasteiger partial charge in [0.2, 0.25) is 0 Å². The molecule has 0 saturated carbocycles. The minimum absolute atomic E-state index is 0.134. The lowest BCUT2D eigenvalue weighted by molar-refractivity contribution is -0.145. The SMILES string of the molecule is NC(C[C@@]12CO[C@@H]1Nc1ccccc12)C(=O)O. The lowest BCUT2D eigenvalue weighted by Gasteiger charge is -2.45. The average molecular weight is 234 g/mol. The van der Waals surface area contributed by atoms with E-state index < -0.39 is 12.0 Å². The fraction of sp³-hybridized carbons (Fsp3) is 0.417. The molecule has 4 N–H and O–H groups in total. The monoisotopic (exact) mass is 234 g/mol. The van der Waals surface area contributed by atoms with Crippen LogP contribution in [0.2, 0.25) is 0 Å². The van der Waals surface area contributed by atoms with E-state index in [1.165, 1.54) is 0 Å². The molecule has 0 radical (unpaired) electrons. The Morgan fingerprint density at radius 1 is 1.65 bits per heavy atom. The third kappa shape index (κ3) is 1.36. The second-order valence-electron chi connectivity index (χ2n) is 4.69. The number of rotatable bonds is 3. The van der Waals surface area contributed by atoms with Crippen LogP contribution in [-0.4, -0.2) is 30.0 Å². The standard InChI is InChI=1S/C12H14N2O3/c13-8(10(15)16)5-12-6-17-11(12)14-9-4-2-1-3-7(9)12/h1-4,8,11,14H,5-6,13H2,(H,15,16)/t8?,11-,12-/m0/s1. The number of hydrogen-bond donors (Lipinski definition) is 3. The van der Waals surface area contributed by atoms with Gasteiger partial charge in [0.25, 0.3) is 0 Å². The number of fused-ring (bicyclic) bond motifs is 3. The van der Waals surface area contributed by atoms with E-state index in [2.05, 4.69) is 5.32 Å². The highest BCUT2D eigenvalue weighted by Crippen LogP contribution is 2.50. The zero-order valence-electron chi connectivity index (χ0n) is 9.22. The van der Waals surface area contributed by atoms with Gasteiger partial charge in [-0.1, -0.05) is 18.2 Å². The third-order valence-electron chi connectivity index (χ3n) is 3.66.